The maximum atomic E-state index is 14.7. The van der Waals surface area contributed by atoms with E-state index in [-0.39, 0.29) is 50.4 Å². The number of phenolic OH excluding ortho intramolecular Hbond substituents is 1. The van der Waals surface area contributed by atoms with Crippen LogP contribution in [0, 0.1) is 44.4 Å². The SMILES string of the molecule is CCc1c(C)c(C)cc2nc3c4c5c6c(C)c(O)c4c(=O)c(c-3oc12)NC(=O)/C(C)=C\C=C\[C@H](C)[C@H](O)[C@@H](C)[C@@H](O)[C@@H](C)[C@H](O)[C@H](C)[C@@H](OC)/C=C/O[C@@](C)(O6)C5=O. The van der Waals surface area contributed by atoms with Crippen molar-refractivity contribution in [2.24, 2.45) is 23.7 Å². The zero-order valence-corrected chi connectivity index (χ0v) is 34.9. The highest BCUT2D eigenvalue weighted by Crippen LogP contribution is 2.50. The number of aromatic hydroxyl groups is 1. The maximum Gasteiger partial charge on any atom is 0.312 e. The van der Waals surface area contributed by atoms with Crippen LogP contribution in [0.2, 0.25) is 0 Å². The number of carbonyl (C=O) groups is 2. The summed E-state index contributed by atoms with van der Waals surface area (Å²) in [6, 6.07) is 1.84. The van der Waals surface area contributed by atoms with E-state index in [1.54, 1.807) is 46.8 Å². The molecule has 7 rings (SSSR count). The van der Waals surface area contributed by atoms with Gasteiger partial charge in [0.25, 0.3) is 11.7 Å². The van der Waals surface area contributed by atoms with Crippen molar-refractivity contribution < 1.29 is 48.6 Å². The molecule has 0 spiro atoms. The lowest BCUT2D eigenvalue weighted by atomic mass is 9.78. The Balaban J connectivity index is 1.63. The van der Waals surface area contributed by atoms with Crippen molar-refractivity contribution >= 4 is 39.2 Å². The van der Waals surface area contributed by atoms with Crippen molar-refractivity contribution in [2.45, 2.75) is 106 Å². The number of carbonyl (C=O) groups excluding carboxylic acids is 2. The number of hydrogen-bond donors (Lipinski definition) is 5. The molecule has 5 bridgehead atoms. The molecule has 0 saturated carbocycles. The van der Waals surface area contributed by atoms with Gasteiger partial charge < -0.3 is 44.4 Å². The van der Waals surface area contributed by atoms with Crippen molar-refractivity contribution in [3.63, 3.8) is 0 Å². The van der Waals surface area contributed by atoms with E-state index >= 15 is 0 Å². The summed E-state index contributed by atoms with van der Waals surface area (Å²) in [4.78, 5) is 48.1. The normalized spacial score (nSPS) is 30.6. The number of aliphatic hydroxyl groups excluding tert-OH is 3. The van der Waals surface area contributed by atoms with E-state index in [9.17, 15) is 34.8 Å². The first-order chi connectivity index (χ1) is 27.3. The molecule has 5 aliphatic rings. The summed E-state index contributed by atoms with van der Waals surface area (Å²) in [5.74, 6) is -6.30. The Kier molecular flexibility index (Phi) is 11.7. The summed E-state index contributed by atoms with van der Waals surface area (Å²) in [6.45, 7) is 17.2. The van der Waals surface area contributed by atoms with Gasteiger partial charge in [-0.1, -0.05) is 52.8 Å². The standard InChI is InChI=1S/C45H54N2O11/c1-12-27-22(5)21(4)18-28-41(27)57-42-33(46-28)30-31-38(51)26(9)40-32(30)43(53)45(10,58-40)56-17-16-29(55-11)23(6)36(49)25(8)37(50)24(7)35(48)19(2)14-13-15-20(3)44(54)47-34(42)39(31)52/h13-19,23-25,29,35-37,48-51H,12H2,1-11H3,(H,47,54)/b14-13+,17-16+,20-15-/t19-,23+,24+,25-,29-,35-,36+,37+,45-/m0/s1. The molecule has 310 valence electrons. The van der Waals surface area contributed by atoms with E-state index in [2.05, 4.69) is 5.32 Å². The Morgan fingerprint density at radius 1 is 0.914 bits per heavy atom. The Morgan fingerprint density at radius 2 is 1.57 bits per heavy atom. The van der Waals surface area contributed by atoms with Crippen molar-refractivity contribution in [1.82, 2.24) is 4.98 Å². The molecule has 0 fully saturated rings. The fraction of sp³-hybridized carbons (Fsp3) is 0.467. The Labute approximate surface area is 337 Å². The van der Waals surface area contributed by atoms with Crippen LogP contribution in [0.5, 0.6) is 11.5 Å². The number of ketones is 1. The Morgan fingerprint density at radius 3 is 2.22 bits per heavy atom. The average Bonchev–Trinajstić information content (AvgIpc) is 3.46. The molecule has 13 nitrogen and oxygen atoms in total. The number of aliphatic hydroxyl groups is 3. The number of aromatic nitrogens is 1. The van der Waals surface area contributed by atoms with E-state index < -0.39 is 76.7 Å². The molecule has 58 heavy (non-hydrogen) atoms. The second-order valence-electron chi connectivity index (χ2n) is 16.1. The van der Waals surface area contributed by atoms with Gasteiger partial charge in [0, 0.05) is 54.2 Å². The number of amides is 1. The molecule has 1 amide bonds. The number of hydrogen-bond acceptors (Lipinski definition) is 12. The van der Waals surface area contributed by atoms with Crippen molar-refractivity contribution in [1.29, 1.82) is 0 Å². The number of nitrogens with one attached hydrogen (secondary N) is 1. The molecular weight excluding hydrogens is 744 g/mol. The van der Waals surface area contributed by atoms with Crippen LogP contribution in [-0.2, 0) is 20.7 Å². The van der Waals surface area contributed by atoms with Gasteiger partial charge >= 0.3 is 5.79 Å². The zero-order valence-electron chi connectivity index (χ0n) is 34.9. The van der Waals surface area contributed by atoms with Gasteiger partial charge in [-0.3, -0.25) is 14.4 Å². The van der Waals surface area contributed by atoms with Gasteiger partial charge in [-0.25, -0.2) is 4.98 Å². The smallest absolute Gasteiger partial charge is 0.312 e. The fourth-order valence-corrected chi connectivity index (χ4v) is 8.28. The third kappa shape index (κ3) is 6.97. The number of methoxy groups -OCH3 is 1. The average molecular weight is 799 g/mol. The van der Waals surface area contributed by atoms with Crippen LogP contribution >= 0.6 is 0 Å². The van der Waals surface area contributed by atoms with E-state index in [0.29, 0.717) is 17.5 Å². The van der Waals surface area contributed by atoms with Crippen LogP contribution in [0.4, 0.5) is 5.69 Å². The molecule has 0 radical (unpaired) electrons. The van der Waals surface area contributed by atoms with Crippen molar-refractivity contribution in [3.05, 3.63) is 80.2 Å². The number of benzene rings is 3. The van der Waals surface area contributed by atoms with Crippen molar-refractivity contribution in [2.75, 3.05) is 12.4 Å². The minimum Gasteiger partial charge on any atom is -0.507 e. The number of anilines is 1. The van der Waals surface area contributed by atoms with E-state index in [4.69, 9.17) is 23.6 Å². The van der Waals surface area contributed by atoms with Crippen LogP contribution < -0.4 is 15.5 Å². The van der Waals surface area contributed by atoms with Crippen LogP contribution in [0.3, 0.4) is 0 Å². The monoisotopic (exact) mass is 798 g/mol. The predicted octanol–water partition coefficient (Wildman–Crippen LogP) is 6.56. The molecule has 2 aromatic carbocycles. The van der Waals surface area contributed by atoms with Crippen LogP contribution in [-0.4, -0.2) is 74.4 Å². The van der Waals surface area contributed by atoms with Gasteiger partial charge in [0.05, 0.1) is 41.6 Å². The van der Waals surface area contributed by atoms with Crippen molar-refractivity contribution in [3.8, 4) is 23.0 Å². The highest BCUT2D eigenvalue weighted by atomic mass is 16.7. The van der Waals surface area contributed by atoms with Gasteiger partial charge in [-0.05, 0) is 62.9 Å². The summed E-state index contributed by atoms with van der Waals surface area (Å²) in [5, 5.41) is 48.1. The van der Waals surface area contributed by atoms with Crippen LogP contribution in [0.1, 0.15) is 81.1 Å². The van der Waals surface area contributed by atoms with Crippen LogP contribution in [0.15, 0.2) is 51.4 Å². The number of allylic oxidation sites excluding steroid dienone is 2. The molecular formula is C45H54N2O11. The molecule has 4 heterocycles. The number of rotatable bonds is 2. The van der Waals surface area contributed by atoms with E-state index in [1.165, 1.54) is 39.4 Å². The van der Waals surface area contributed by atoms with Crippen LogP contribution in [0.25, 0.3) is 33.3 Å². The topological polar surface area (TPSA) is 198 Å². The summed E-state index contributed by atoms with van der Waals surface area (Å²) in [6.07, 6.45) is 4.19. The Hall–Kier alpha value is -5.08. The second-order valence-corrected chi connectivity index (χ2v) is 16.1. The minimum absolute atomic E-state index is 0.0175. The first-order valence-corrected chi connectivity index (χ1v) is 19.7. The summed E-state index contributed by atoms with van der Waals surface area (Å²) in [5.41, 5.74) is 2.79. The van der Waals surface area contributed by atoms with E-state index in [1.807, 2.05) is 26.8 Å². The molecule has 0 unspecified atom stereocenters. The molecule has 1 aliphatic carbocycles. The summed E-state index contributed by atoms with van der Waals surface area (Å²) >= 11 is 0. The van der Waals surface area contributed by atoms with Gasteiger partial charge in [-0.2, -0.15) is 0 Å². The first kappa shape index (κ1) is 42.5. The quantitative estimate of drug-likeness (QED) is 0.108. The number of fused-ring (bicyclic) bond motifs is 14. The Bertz CT molecular complexity index is 2430. The summed E-state index contributed by atoms with van der Waals surface area (Å²) in [7, 11) is 1.45. The lowest BCUT2D eigenvalue weighted by Gasteiger charge is -2.36. The highest BCUT2D eigenvalue weighted by Gasteiger charge is 2.50. The van der Waals surface area contributed by atoms with Gasteiger partial charge in [-0.15, -0.1) is 0 Å². The lowest BCUT2D eigenvalue weighted by molar-refractivity contribution is -0.112. The molecule has 2 aromatic rings. The molecule has 4 aliphatic heterocycles. The minimum atomic E-state index is -1.99. The van der Waals surface area contributed by atoms with Gasteiger partial charge in [0.15, 0.2) is 11.3 Å². The molecule has 0 aromatic heterocycles. The zero-order chi connectivity index (χ0) is 42.7. The number of ether oxygens (including phenoxy) is 3. The molecule has 13 heteroatoms. The maximum absolute atomic E-state index is 14.7. The predicted molar refractivity (Wildman–Crippen MR) is 220 cm³/mol. The number of phenols is 1. The van der Waals surface area contributed by atoms with E-state index in [0.717, 1.165) is 16.7 Å². The number of Topliss-reactive ketones (excluding diaryl/α,β-unsaturated/α-hetero) is 1. The molecule has 9 atom stereocenters. The molecule has 0 saturated heterocycles. The number of nitrogens with zero attached hydrogens (tertiary/aromatic N) is 1. The largest absolute Gasteiger partial charge is 0.507 e. The van der Waals surface area contributed by atoms with Gasteiger partial charge in [0.2, 0.25) is 5.43 Å². The highest BCUT2D eigenvalue weighted by molar-refractivity contribution is 6.22. The summed E-state index contributed by atoms with van der Waals surface area (Å²) < 4.78 is 24.5. The fourth-order valence-electron chi connectivity index (χ4n) is 8.28. The third-order valence-corrected chi connectivity index (χ3v) is 12.4. The first-order valence-electron chi connectivity index (χ1n) is 19.7. The lowest BCUT2D eigenvalue weighted by Crippen LogP contribution is -2.44. The molecule has 5 N–H and O–H groups in total. The third-order valence-electron chi connectivity index (χ3n) is 12.4. The number of aryl methyl sites for hydroxylation is 2. The van der Waals surface area contributed by atoms with Gasteiger partial charge in [0.1, 0.15) is 28.4 Å². The second kappa shape index (κ2) is 15.9.